The van der Waals surface area contributed by atoms with Crippen LogP contribution in [0.2, 0.25) is 0 Å². The molecule has 0 aromatic carbocycles. The molecular formula is C4H5Cl2F. The second-order valence-electron chi connectivity index (χ2n) is 1.07. The molecule has 0 fully saturated rings. The zero-order valence-corrected chi connectivity index (χ0v) is 5.35. The number of rotatable bonds is 1. The Bertz CT molecular complexity index is 83.7. The first kappa shape index (κ1) is 7.25. The fourth-order valence-corrected chi connectivity index (χ4v) is 0.428. The molecule has 0 amide bonds. The highest BCUT2D eigenvalue weighted by Gasteiger charge is 1.92. The van der Waals surface area contributed by atoms with Crippen molar-refractivity contribution >= 4 is 23.2 Å². The fourth-order valence-electron chi connectivity index (χ4n) is 0.0921. The van der Waals surface area contributed by atoms with Crippen molar-refractivity contribution in [2.75, 3.05) is 5.88 Å². The van der Waals surface area contributed by atoms with E-state index in [0.717, 1.165) is 0 Å². The molecule has 0 aromatic rings. The highest BCUT2D eigenvalue weighted by atomic mass is 35.5. The molecule has 0 unspecified atom stereocenters. The van der Waals surface area contributed by atoms with E-state index in [1.54, 1.807) is 0 Å². The van der Waals surface area contributed by atoms with Gasteiger partial charge in [0.25, 0.3) is 0 Å². The third-order valence-electron chi connectivity index (χ3n) is 0.491. The molecular weight excluding hydrogens is 138 g/mol. The van der Waals surface area contributed by atoms with Gasteiger partial charge in [0.05, 0.1) is 5.88 Å². The van der Waals surface area contributed by atoms with E-state index in [-0.39, 0.29) is 10.9 Å². The van der Waals surface area contributed by atoms with Crippen LogP contribution in [-0.4, -0.2) is 5.88 Å². The molecule has 0 nitrogen and oxygen atoms in total. The standard InChI is InChI=1S/C4H5Cl2F/c1-3(6)4(7)2-5/h2H2,1H3. The third kappa shape index (κ3) is 2.89. The van der Waals surface area contributed by atoms with Crippen LogP contribution in [0.1, 0.15) is 6.92 Å². The third-order valence-corrected chi connectivity index (χ3v) is 0.931. The lowest BCUT2D eigenvalue weighted by Crippen LogP contribution is -1.73. The van der Waals surface area contributed by atoms with Gasteiger partial charge in [-0.1, -0.05) is 11.6 Å². The van der Waals surface area contributed by atoms with E-state index in [4.69, 9.17) is 23.2 Å². The summed E-state index contributed by atoms with van der Waals surface area (Å²) in [6, 6.07) is 0. The molecule has 0 aliphatic rings. The van der Waals surface area contributed by atoms with Crippen LogP contribution >= 0.6 is 23.2 Å². The second-order valence-corrected chi connectivity index (χ2v) is 1.91. The molecule has 0 heterocycles. The Balaban J connectivity index is 3.72. The van der Waals surface area contributed by atoms with Gasteiger partial charge in [0.1, 0.15) is 5.83 Å². The SMILES string of the molecule is CC(Cl)=C(F)CCl. The van der Waals surface area contributed by atoms with Crippen LogP contribution in [0, 0.1) is 0 Å². The predicted octanol–water partition coefficient (Wildman–Crippen LogP) is 2.67. The summed E-state index contributed by atoms with van der Waals surface area (Å²) >= 11 is 10.2. The van der Waals surface area contributed by atoms with E-state index < -0.39 is 5.83 Å². The van der Waals surface area contributed by atoms with Crippen molar-refractivity contribution in [1.82, 2.24) is 0 Å². The summed E-state index contributed by atoms with van der Waals surface area (Å²) in [6.45, 7) is 1.46. The smallest absolute Gasteiger partial charge is 0.129 e. The van der Waals surface area contributed by atoms with Crippen LogP contribution in [0.3, 0.4) is 0 Å². The molecule has 3 heteroatoms. The quantitative estimate of drug-likeness (QED) is 0.495. The Hall–Kier alpha value is 0.250. The van der Waals surface area contributed by atoms with E-state index in [1.165, 1.54) is 6.92 Å². The molecule has 0 aliphatic carbocycles. The summed E-state index contributed by atoms with van der Waals surface area (Å²) in [4.78, 5) is 0. The van der Waals surface area contributed by atoms with Gasteiger partial charge in [0.15, 0.2) is 0 Å². The first-order chi connectivity index (χ1) is 3.18. The highest BCUT2D eigenvalue weighted by Crippen LogP contribution is 2.09. The molecule has 0 aliphatic heterocycles. The monoisotopic (exact) mass is 142 g/mol. The molecule has 0 spiro atoms. The van der Waals surface area contributed by atoms with Crippen LogP contribution in [0.4, 0.5) is 4.39 Å². The summed E-state index contributed by atoms with van der Waals surface area (Å²) in [7, 11) is 0. The first-order valence-electron chi connectivity index (χ1n) is 1.75. The second kappa shape index (κ2) is 3.28. The number of hydrogen-bond donors (Lipinski definition) is 0. The lowest BCUT2D eigenvalue weighted by molar-refractivity contribution is 0.638. The van der Waals surface area contributed by atoms with Crippen molar-refractivity contribution in [3.8, 4) is 0 Å². The van der Waals surface area contributed by atoms with Gasteiger partial charge in [-0.05, 0) is 6.92 Å². The van der Waals surface area contributed by atoms with Crippen molar-refractivity contribution in [3.05, 3.63) is 10.9 Å². The van der Waals surface area contributed by atoms with Gasteiger partial charge in [0, 0.05) is 5.03 Å². The predicted molar refractivity (Wildman–Crippen MR) is 30.4 cm³/mol. The molecule has 0 radical (unpaired) electrons. The Morgan fingerprint density at radius 3 is 2.14 bits per heavy atom. The van der Waals surface area contributed by atoms with E-state index in [1.807, 2.05) is 0 Å². The molecule has 0 atom stereocenters. The summed E-state index contributed by atoms with van der Waals surface area (Å²) in [5.41, 5.74) is 0. The topological polar surface area (TPSA) is 0 Å². The van der Waals surface area contributed by atoms with Crippen LogP contribution in [0.5, 0.6) is 0 Å². The molecule has 0 rings (SSSR count). The van der Waals surface area contributed by atoms with Gasteiger partial charge in [-0.25, -0.2) is 4.39 Å². The van der Waals surface area contributed by atoms with E-state index in [0.29, 0.717) is 0 Å². The zero-order chi connectivity index (χ0) is 5.86. The summed E-state index contributed by atoms with van der Waals surface area (Å²) in [5, 5.41) is 0.134. The first-order valence-corrected chi connectivity index (χ1v) is 2.66. The average molecular weight is 143 g/mol. The van der Waals surface area contributed by atoms with Crippen LogP contribution in [0.15, 0.2) is 10.9 Å². The number of allylic oxidation sites excluding steroid dienone is 2. The van der Waals surface area contributed by atoms with Gasteiger partial charge in [0.2, 0.25) is 0 Å². The van der Waals surface area contributed by atoms with E-state index in [9.17, 15) is 4.39 Å². The van der Waals surface area contributed by atoms with E-state index >= 15 is 0 Å². The molecule has 0 aromatic heterocycles. The van der Waals surface area contributed by atoms with Gasteiger partial charge in [-0.3, -0.25) is 0 Å². The van der Waals surface area contributed by atoms with Crippen LogP contribution < -0.4 is 0 Å². The minimum Gasteiger partial charge on any atom is -0.209 e. The summed E-state index contributed by atoms with van der Waals surface area (Å²) in [6.07, 6.45) is 0. The Morgan fingerprint density at radius 2 is 2.14 bits per heavy atom. The van der Waals surface area contributed by atoms with Gasteiger partial charge in [-0.2, -0.15) is 0 Å². The molecule has 0 N–H and O–H groups in total. The maximum absolute atomic E-state index is 11.9. The lowest BCUT2D eigenvalue weighted by atomic mass is 10.5. The van der Waals surface area contributed by atoms with Crippen LogP contribution in [0.25, 0.3) is 0 Å². The Kier molecular flexibility index (Phi) is 3.39. The van der Waals surface area contributed by atoms with E-state index in [2.05, 4.69) is 0 Å². The number of halogens is 3. The fraction of sp³-hybridized carbons (Fsp3) is 0.500. The van der Waals surface area contributed by atoms with Crippen molar-refractivity contribution in [1.29, 1.82) is 0 Å². The van der Waals surface area contributed by atoms with Gasteiger partial charge in [-0.15, -0.1) is 11.6 Å². The minimum absolute atomic E-state index is 0.130. The van der Waals surface area contributed by atoms with Gasteiger partial charge >= 0.3 is 0 Å². The number of hydrogen-bond acceptors (Lipinski definition) is 0. The summed E-state index contributed by atoms with van der Waals surface area (Å²) in [5.74, 6) is -0.585. The molecule has 0 bridgehead atoms. The van der Waals surface area contributed by atoms with Crippen molar-refractivity contribution in [2.45, 2.75) is 6.92 Å². The zero-order valence-electron chi connectivity index (χ0n) is 3.84. The maximum Gasteiger partial charge on any atom is 0.129 e. The normalized spacial score (nSPS) is 13.7. The lowest BCUT2D eigenvalue weighted by Gasteiger charge is -1.85. The highest BCUT2D eigenvalue weighted by molar-refractivity contribution is 6.30. The van der Waals surface area contributed by atoms with Crippen molar-refractivity contribution in [2.24, 2.45) is 0 Å². The summed E-state index contributed by atoms with van der Waals surface area (Å²) < 4.78 is 11.9. The van der Waals surface area contributed by atoms with Gasteiger partial charge < -0.3 is 0 Å². The molecule has 0 saturated carbocycles. The molecule has 7 heavy (non-hydrogen) atoms. The van der Waals surface area contributed by atoms with Crippen molar-refractivity contribution in [3.63, 3.8) is 0 Å². The van der Waals surface area contributed by atoms with Crippen LogP contribution in [-0.2, 0) is 0 Å². The molecule has 0 saturated heterocycles. The largest absolute Gasteiger partial charge is 0.209 e. The average Bonchev–Trinajstić information content (AvgIpc) is 1.65. The number of alkyl halides is 1. The maximum atomic E-state index is 11.9. The van der Waals surface area contributed by atoms with Crippen molar-refractivity contribution < 1.29 is 4.39 Å². The Labute approximate surface area is 51.9 Å². The molecule has 42 valence electrons. The minimum atomic E-state index is -0.455. The Morgan fingerprint density at radius 1 is 1.71 bits per heavy atom.